The molecule has 1 N–H and O–H groups in total. The molecule has 2 aliphatic heterocycles. The molecule has 0 radical (unpaired) electrons. The molecule has 0 unspecified atom stereocenters. The van der Waals surface area contributed by atoms with Crippen LogP contribution in [0, 0.1) is 12.3 Å². The van der Waals surface area contributed by atoms with Gasteiger partial charge in [-0.3, -0.25) is 0 Å². The number of hydrogen-bond donors (Lipinski definition) is 1. The summed E-state index contributed by atoms with van der Waals surface area (Å²) in [5.74, 6) is 2.75. The third-order valence-electron chi connectivity index (χ3n) is 3.67. The maximum Gasteiger partial charge on any atom is 0.408 e. The maximum absolute atomic E-state index is 11.8. The standard InChI is InChI=1S/C14H21NO3/c1-5-14-8-6-13(7-9-14,10-17-14)15-11(16)18-12(2,3)4/h1H,6-10H2,2-4H3,(H,15,16). The molecule has 4 nitrogen and oxygen atoms in total. The van der Waals surface area contributed by atoms with Crippen LogP contribution < -0.4 is 5.32 Å². The van der Waals surface area contributed by atoms with Crippen molar-refractivity contribution in [3.8, 4) is 12.3 Å². The second-order valence-electron chi connectivity index (χ2n) is 6.33. The average molecular weight is 251 g/mol. The molecule has 1 amide bonds. The molecule has 1 aliphatic carbocycles. The van der Waals surface area contributed by atoms with E-state index < -0.39 is 11.2 Å². The molecule has 0 aromatic carbocycles. The Hall–Kier alpha value is -1.21. The fourth-order valence-electron chi connectivity index (χ4n) is 2.56. The molecule has 1 saturated carbocycles. The van der Waals surface area contributed by atoms with Gasteiger partial charge in [-0.25, -0.2) is 4.79 Å². The summed E-state index contributed by atoms with van der Waals surface area (Å²) in [7, 11) is 0. The van der Waals surface area contributed by atoms with Crippen LogP contribution in [0.3, 0.4) is 0 Å². The lowest BCUT2D eigenvalue weighted by Crippen LogP contribution is -2.63. The fraction of sp³-hybridized carbons (Fsp3) is 0.786. The Morgan fingerprint density at radius 3 is 2.33 bits per heavy atom. The van der Waals surface area contributed by atoms with Crippen LogP contribution in [-0.2, 0) is 9.47 Å². The number of terminal acetylenes is 1. The zero-order valence-corrected chi connectivity index (χ0v) is 11.3. The number of alkyl carbamates (subject to hydrolysis) is 1. The Balaban J connectivity index is 1.96. The first kappa shape index (κ1) is 13.2. The Morgan fingerprint density at radius 2 is 1.94 bits per heavy atom. The van der Waals surface area contributed by atoms with E-state index in [4.69, 9.17) is 15.9 Å². The number of ether oxygens (including phenoxy) is 2. The number of carbonyl (C=O) groups excluding carboxylic acids is 1. The molecule has 3 aliphatic rings. The highest BCUT2D eigenvalue weighted by atomic mass is 16.6. The van der Waals surface area contributed by atoms with Crippen molar-refractivity contribution in [2.24, 2.45) is 0 Å². The van der Waals surface area contributed by atoms with Crippen LogP contribution in [0.25, 0.3) is 0 Å². The number of carbonyl (C=O) groups is 1. The minimum absolute atomic E-state index is 0.291. The van der Waals surface area contributed by atoms with Crippen LogP contribution in [0.5, 0.6) is 0 Å². The number of amides is 1. The van der Waals surface area contributed by atoms with E-state index in [1.807, 2.05) is 20.8 Å². The lowest BCUT2D eigenvalue weighted by Gasteiger charge is -2.50. The summed E-state index contributed by atoms with van der Waals surface area (Å²) in [5.41, 5.74) is -1.16. The molecule has 18 heavy (non-hydrogen) atoms. The van der Waals surface area contributed by atoms with Gasteiger partial charge in [-0.1, -0.05) is 5.92 Å². The van der Waals surface area contributed by atoms with Crippen LogP contribution in [0.15, 0.2) is 0 Å². The Kier molecular flexibility index (Phi) is 3.06. The van der Waals surface area contributed by atoms with Crippen LogP contribution in [-0.4, -0.2) is 29.4 Å². The fourth-order valence-corrected chi connectivity index (χ4v) is 2.56. The maximum atomic E-state index is 11.8. The van der Waals surface area contributed by atoms with Crippen LogP contribution in [0.1, 0.15) is 46.5 Å². The van der Waals surface area contributed by atoms with E-state index in [0.29, 0.717) is 6.61 Å². The first-order valence-electron chi connectivity index (χ1n) is 6.41. The minimum Gasteiger partial charge on any atom is -0.444 e. The Morgan fingerprint density at radius 1 is 1.33 bits per heavy atom. The second-order valence-corrected chi connectivity index (χ2v) is 6.33. The minimum atomic E-state index is -0.479. The molecule has 0 spiro atoms. The first-order chi connectivity index (χ1) is 8.28. The normalized spacial score (nSPS) is 34.8. The predicted octanol–water partition coefficient (Wildman–Crippen LogP) is 2.23. The quantitative estimate of drug-likeness (QED) is 0.727. The zero-order valence-electron chi connectivity index (χ0n) is 11.3. The number of fused-ring (bicyclic) bond motifs is 3. The van der Waals surface area contributed by atoms with Crippen LogP contribution in [0.2, 0.25) is 0 Å². The van der Waals surface area contributed by atoms with E-state index >= 15 is 0 Å². The van der Waals surface area contributed by atoms with Gasteiger partial charge in [0.1, 0.15) is 11.2 Å². The summed E-state index contributed by atoms with van der Waals surface area (Å²) < 4.78 is 11.0. The van der Waals surface area contributed by atoms with E-state index in [1.165, 1.54) is 0 Å². The monoisotopic (exact) mass is 251 g/mol. The summed E-state index contributed by atoms with van der Waals surface area (Å²) in [6.07, 6.45) is 8.46. The molecular formula is C14H21NO3. The first-order valence-corrected chi connectivity index (χ1v) is 6.41. The molecule has 4 heteroatoms. The molecular weight excluding hydrogens is 230 g/mol. The highest BCUT2D eigenvalue weighted by molar-refractivity contribution is 5.69. The molecule has 2 heterocycles. The van der Waals surface area contributed by atoms with Gasteiger partial charge in [-0.2, -0.15) is 0 Å². The molecule has 2 bridgehead atoms. The highest BCUT2D eigenvalue weighted by Crippen LogP contribution is 2.43. The van der Waals surface area contributed by atoms with Crippen molar-refractivity contribution < 1.29 is 14.3 Å². The molecule has 2 saturated heterocycles. The van der Waals surface area contributed by atoms with Gasteiger partial charge < -0.3 is 14.8 Å². The van der Waals surface area contributed by atoms with Crippen molar-refractivity contribution in [2.45, 2.75) is 63.2 Å². The van der Waals surface area contributed by atoms with Gasteiger partial charge in [0.05, 0.1) is 12.1 Å². The van der Waals surface area contributed by atoms with Gasteiger partial charge in [-0.05, 0) is 46.5 Å². The molecule has 3 rings (SSSR count). The largest absolute Gasteiger partial charge is 0.444 e. The van der Waals surface area contributed by atoms with Crippen molar-refractivity contribution >= 4 is 6.09 Å². The number of rotatable bonds is 1. The SMILES string of the molecule is C#CC12CCC(NC(=O)OC(C)(C)C)(CC1)CO2. The lowest BCUT2D eigenvalue weighted by atomic mass is 9.71. The van der Waals surface area contributed by atoms with E-state index in [1.54, 1.807) is 0 Å². The summed E-state index contributed by atoms with van der Waals surface area (Å²) in [5, 5.41) is 2.96. The summed E-state index contributed by atoms with van der Waals surface area (Å²) in [6, 6.07) is 0. The van der Waals surface area contributed by atoms with Gasteiger partial charge in [0, 0.05) is 0 Å². The van der Waals surface area contributed by atoms with E-state index in [-0.39, 0.29) is 11.6 Å². The van der Waals surface area contributed by atoms with Crippen molar-refractivity contribution in [1.29, 1.82) is 0 Å². The van der Waals surface area contributed by atoms with Gasteiger partial charge >= 0.3 is 6.09 Å². The van der Waals surface area contributed by atoms with Crippen molar-refractivity contribution in [3.63, 3.8) is 0 Å². The van der Waals surface area contributed by atoms with Crippen molar-refractivity contribution in [1.82, 2.24) is 5.32 Å². The zero-order chi connectivity index (χ0) is 13.4. The number of nitrogens with one attached hydrogen (secondary N) is 1. The highest BCUT2D eigenvalue weighted by Gasteiger charge is 2.50. The van der Waals surface area contributed by atoms with Crippen LogP contribution in [0.4, 0.5) is 4.79 Å². The van der Waals surface area contributed by atoms with Gasteiger partial charge in [0.25, 0.3) is 0 Å². The predicted molar refractivity (Wildman–Crippen MR) is 68.1 cm³/mol. The van der Waals surface area contributed by atoms with E-state index in [0.717, 1.165) is 25.7 Å². The second kappa shape index (κ2) is 4.17. The summed E-state index contributed by atoms with van der Waals surface area (Å²) >= 11 is 0. The average Bonchev–Trinajstić information content (AvgIpc) is 2.28. The molecule has 0 aromatic rings. The molecule has 3 fully saturated rings. The topological polar surface area (TPSA) is 47.6 Å². The van der Waals surface area contributed by atoms with Gasteiger partial charge in [-0.15, -0.1) is 6.42 Å². The molecule has 0 atom stereocenters. The van der Waals surface area contributed by atoms with Gasteiger partial charge in [0.2, 0.25) is 0 Å². The molecule has 0 aromatic heterocycles. The summed E-state index contributed by atoms with van der Waals surface area (Å²) in [6.45, 7) is 6.04. The lowest BCUT2D eigenvalue weighted by molar-refractivity contribution is -0.128. The van der Waals surface area contributed by atoms with E-state index in [9.17, 15) is 4.79 Å². The third kappa shape index (κ3) is 2.62. The Bertz CT molecular complexity index is 364. The van der Waals surface area contributed by atoms with Crippen LogP contribution >= 0.6 is 0 Å². The molecule has 100 valence electrons. The van der Waals surface area contributed by atoms with E-state index in [2.05, 4.69) is 11.2 Å². The van der Waals surface area contributed by atoms with Gasteiger partial charge in [0.15, 0.2) is 0 Å². The summed E-state index contributed by atoms with van der Waals surface area (Å²) in [4.78, 5) is 11.8. The van der Waals surface area contributed by atoms with Crippen molar-refractivity contribution in [3.05, 3.63) is 0 Å². The Labute approximate surface area is 108 Å². The number of hydrogen-bond acceptors (Lipinski definition) is 3. The third-order valence-corrected chi connectivity index (χ3v) is 3.67. The van der Waals surface area contributed by atoms with Crippen molar-refractivity contribution in [2.75, 3.05) is 6.61 Å². The smallest absolute Gasteiger partial charge is 0.408 e.